The first-order valence-corrected chi connectivity index (χ1v) is 8.06. The van der Waals surface area contributed by atoms with Gasteiger partial charge in [-0.25, -0.2) is 4.39 Å². The molecule has 0 radical (unpaired) electrons. The van der Waals surface area contributed by atoms with Crippen LogP contribution in [0.1, 0.15) is 32.1 Å². The Hall–Kier alpha value is -1.95. The predicted octanol–water partition coefficient (Wildman–Crippen LogP) is 1.66. The zero-order valence-corrected chi connectivity index (χ0v) is 13.3. The molecule has 0 bridgehead atoms. The molecule has 1 aliphatic heterocycles. The molecule has 6 heteroatoms. The van der Waals surface area contributed by atoms with E-state index in [1.165, 1.54) is 15.9 Å². The normalized spacial score (nSPS) is 23.3. The van der Waals surface area contributed by atoms with Gasteiger partial charge in [0, 0.05) is 13.6 Å². The van der Waals surface area contributed by atoms with E-state index in [2.05, 4.69) is 0 Å². The summed E-state index contributed by atoms with van der Waals surface area (Å²) in [6.07, 6.45) is 3.69. The number of rotatable bonds is 3. The minimum absolute atomic E-state index is 0.177. The maximum absolute atomic E-state index is 13.9. The van der Waals surface area contributed by atoms with Gasteiger partial charge in [0.15, 0.2) is 0 Å². The van der Waals surface area contributed by atoms with Crippen molar-refractivity contribution < 1.29 is 14.0 Å². The number of nitrogens with two attached hydrogens (primary N) is 1. The fourth-order valence-corrected chi connectivity index (χ4v) is 3.65. The lowest BCUT2D eigenvalue weighted by Gasteiger charge is -2.32. The van der Waals surface area contributed by atoms with Gasteiger partial charge in [-0.3, -0.25) is 9.59 Å². The Bertz CT molecular complexity index is 628. The van der Waals surface area contributed by atoms with Crippen molar-refractivity contribution in [2.24, 2.45) is 5.73 Å². The lowest BCUT2D eigenvalue weighted by atomic mass is 9.96. The van der Waals surface area contributed by atoms with Crippen molar-refractivity contribution >= 4 is 17.5 Å². The third-order valence-electron chi connectivity index (χ3n) is 5.03. The Labute approximate surface area is 135 Å². The second-order valence-corrected chi connectivity index (χ2v) is 6.53. The van der Waals surface area contributed by atoms with Crippen molar-refractivity contribution in [2.75, 3.05) is 18.5 Å². The van der Waals surface area contributed by atoms with Crippen molar-refractivity contribution in [2.45, 2.75) is 43.7 Å². The molecule has 1 heterocycles. The Morgan fingerprint density at radius 2 is 2.00 bits per heavy atom. The summed E-state index contributed by atoms with van der Waals surface area (Å²) < 4.78 is 13.9. The van der Waals surface area contributed by atoms with Crippen molar-refractivity contribution in [3.8, 4) is 0 Å². The van der Waals surface area contributed by atoms with Crippen molar-refractivity contribution in [3.05, 3.63) is 30.1 Å². The Morgan fingerprint density at radius 1 is 1.35 bits per heavy atom. The molecule has 1 aromatic carbocycles. The highest BCUT2D eigenvalue weighted by Crippen LogP contribution is 2.31. The zero-order valence-electron chi connectivity index (χ0n) is 13.3. The molecule has 23 heavy (non-hydrogen) atoms. The molecule has 1 aromatic rings. The Morgan fingerprint density at radius 3 is 2.65 bits per heavy atom. The van der Waals surface area contributed by atoms with Crippen molar-refractivity contribution in [1.29, 1.82) is 0 Å². The summed E-state index contributed by atoms with van der Waals surface area (Å²) in [6.45, 7) is 0.402. The number of amides is 2. The van der Waals surface area contributed by atoms with Crippen LogP contribution >= 0.6 is 0 Å². The van der Waals surface area contributed by atoms with E-state index in [4.69, 9.17) is 5.73 Å². The molecule has 1 saturated heterocycles. The van der Waals surface area contributed by atoms with E-state index in [9.17, 15) is 14.0 Å². The second-order valence-electron chi connectivity index (χ2n) is 6.53. The molecule has 2 fully saturated rings. The molecule has 2 N–H and O–H groups in total. The Kier molecular flexibility index (Phi) is 4.10. The first kappa shape index (κ1) is 15.9. The van der Waals surface area contributed by atoms with Crippen LogP contribution < -0.4 is 10.6 Å². The van der Waals surface area contributed by atoms with Gasteiger partial charge in [-0.05, 0) is 31.4 Å². The van der Waals surface area contributed by atoms with E-state index in [0.717, 1.165) is 12.8 Å². The number of halogens is 1. The second kappa shape index (κ2) is 5.92. The van der Waals surface area contributed by atoms with Gasteiger partial charge in [0.05, 0.1) is 11.2 Å². The molecule has 1 atom stereocenters. The van der Waals surface area contributed by atoms with E-state index in [0.29, 0.717) is 25.8 Å². The van der Waals surface area contributed by atoms with Crippen LogP contribution in [0.2, 0.25) is 0 Å². The Balaban J connectivity index is 1.76. The number of hydrogen-bond acceptors (Lipinski definition) is 3. The topological polar surface area (TPSA) is 66.6 Å². The summed E-state index contributed by atoms with van der Waals surface area (Å²) in [4.78, 5) is 28.2. The van der Waals surface area contributed by atoms with Gasteiger partial charge in [0.2, 0.25) is 11.8 Å². The van der Waals surface area contributed by atoms with Crippen LogP contribution in [0, 0.1) is 5.82 Å². The maximum Gasteiger partial charge on any atom is 0.249 e. The maximum atomic E-state index is 13.9. The third kappa shape index (κ3) is 2.72. The largest absolute Gasteiger partial charge is 0.332 e. The highest BCUT2D eigenvalue weighted by atomic mass is 19.1. The van der Waals surface area contributed by atoms with Gasteiger partial charge < -0.3 is 15.5 Å². The number of benzene rings is 1. The van der Waals surface area contributed by atoms with E-state index in [-0.39, 0.29) is 17.5 Å². The fraction of sp³-hybridized carbons (Fsp3) is 0.529. The van der Waals surface area contributed by atoms with Gasteiger partial charge in [0.1, 0.15) is 11.9 Å². The van der Waals surface area contributed by atoms with Crippen LogP contribution in [0.3, 0.4) is 0 Å². The zero-order chi connectivity index (χ0) is 16.6. The molecule has 0 aromatic heterocycles. The molecule has 2 aliphatic rings. The molecule has 2 amide bonds. The van der Waals surface area contributed by atoms with E-state index in [1.807, 2.05) is 0 Å². The third-order valence-corrected chi connectivity index (χ3v) is 5.03. The number of para-hydroxylation sites is 1. The quantitative estimate of drug-likeness (QED) is 0.921. The number of carbonyl (C=O) groups is 2. The molecular formula is C17H22FN3O2. The number of likely N-dealkylation sites (N-methyl/N-ethyl adjacent to an activating group) is 1. The molecule has 3 rings (SSSR count). The number of hydrogen-bond donors (Lipinski definition) is 1. The SMILES string of the molecule is CN(C(=O)C1(N)CCCC1)C1CCN(c2ccccc2F)C1=O. The van der Waals surface area contributed by atoms with Crippen LogP contribution in [-0.4, -0.2) is 41.9 Å². The number of anilines is 1. The lowest BCUT2D eigenvalue weighted by Crippen LogP contribution is -2.56. The minimum atomic E-state index is -0.847. The van der Waals surface area contributed by atoms with Gasteiger partial charge >= 0.3 is 0 Å². The number of nitrogens with zero attached hydrogens (tertiary/aromatic N) is 2. The van der Waals surface area contributed by atoms with Gasteiger partial charge in [-0.2, -0.15) is 0 Å². The van der Waals surface area contributed by atoms with Crippen molar-refractivity contribution in [3.63, 3.8) is 0 Å². The predicted molar refractivity (Wildman–Crippen MR) is 85.3 cm³/mol. The van der Waals surface area contributed by atoms with Gasteiger partial charge in [-0.1, -0.05) is 25.0 Å². The summed E-state index contributed by atoms with van der Waals surface area (Å²) >= 11 is 0. The van der Waals surface area contributed by atoms with E-state index in [1.54, 1.807) is 25.2 Å². The monoisotopic (exact) mass is 319 g/mol. The first-order chi connectivity index (χ1) is 10.9. The summed E-state index contributed by atoms with van der Waals surface area (Å²) in [5, 5.41) is 0. The molecule has 1 saturated carbocycles. The molecule has 1 aliphatic carbocycles. The van der Waals surface area contributed by atoms with Crippen LogP contribution in [0.15, 0.2) is 24.3 Å². The number of carbonyl (C=O) groups excluding carboxylic acids is 2. The molecule has 5 nitrogen and oxygen atoms in total. The smallest absolute Gasteiger partial charge is 0.249 e. The average Bonchev–Trinajstić information content (AvgIpc) is 3.14. The minimum Gasteiger partial charge on any atom is -0.332 e. The summed E-state index contributed by atoms with van der Waals surface area (Å²) in [6, 6.07) is 5.63. The molecule has 0 spiro atoms. The van der Waals surface area contributed by atoms with Crippen LogP contribution in [-0.2, 0) is 9.59 Å². The summed E-state index contributed by atoms with van der Waals surface area (Å²) in [7, 11) is 1.63. The highest BCUT2D eigenvalue weighted by Gasteiger charge is 2.44. The van der Waals surface area contributed by atoms with E-state index >= 15 is 0 Å². The van der Waals surface area contributed by atoms with Gasteiger partial charge in [0.25, 0.3) is 0 Å². The van der Waals surface area contributed by atoms with E-state index < -0.39 is 17.4 Å². The summed E-state index contributed by atoms with van der Waals surface area (Å²) in [5.41, 5.74) is 5.63. The molecular weight excluding hydrogens is 297 g/mol. The van der Waals surface area contributed by atoms with Crippen LogP contribution in [0.4, 0.5) is 10.1 Å². The average molecular weight is 319 g/mol. The lowest BCUT2D eigenvalue weighted by molar-refractivity contribution is -0.141. The standard InChI is InChI=1S/C17H22FN3O2/c1-20(16(23)17(19)9-4-5-10-17)14-8-11-21(15(14)22)13-7-3-2-6-12(13)18/h2-3,6-7,14H,4-5,8-11,19H2,1H3. The van der Waals surface area contributed by atoms with Crippen LogP contribution in [0.5, 0.6) is 0 Å². The van der Waals surface area contributed by atoms with Crippen LogP contribution in [0.25, 0.3) is 0 Å². The molecule has 1 unspecified atom stereocenters. The first-order valence-electron chi connectivity index (χ1n) is 8.06. The highest BCUT2D eigenvalue weighted by molar-refractivity contribution is 6.02. The van der Waals surface area contributed by atoms with Gasteiger partial charge in [-0.15, -0.1) is 0 Å². The molecule has 124 valence electrons. The summed E-state index contributed by atoms with van der Waals surface area (Å²) in [5.74, 6) is -0.849. The fourth-order valence-electron chi connectivity index (χ4n) is 3.65. The van der Waals surface area contributed by atoms with Crippen molar-refractivity contribution in [1.82, 2.24) is 4.90 Å².